The smallest absolute Gasteiger partial charge is 0.000511 e. The number of hydrogen-bond acceptors (Lipinski definition) is 0. The Hall–Kier alpha value is -3.64. The summed E-state index contributed by atoms with van der Waals surface area (Å²) >= 11 is 0. The molecule has 0 radical (unpaired) electrons. The van der Waals surface area contributed by atoms with E-state index in [0.29, 0.717) is 23.7 Å². The SMILES string of the molecule is c1ccc2c(c1)cc1c3c(cccc32)[C@@H]2[C@@H]3c4cccc5c4c(cc4ccccc45)[C@@H]3[C@H]12. The Kier molecular flexibility index (Phi) is 2.62. The van der Waals surface area contributed by atoms with Gasteiger partial charge in [0.1, 0.15) is 0 Å². The van der Waals surface area contributed by atoms with E-state index in [1.807, 2.05) is 0 Å². The van der Waals surface area contributed by atoms with Crippen molar-refractivity contribution in [3.05, 3.63) is 119 Å². The summed E-state index contributed by atoms with van der Waals surface area (Å²) in [6.07, 6.45) is 0. The van der Waals surface area contributed by atoms with E-state index in [2.05, 4.69) is 97.1 Å². The third-order valence-electron chi connectivity index (χ3n) is 8.88. The molecule has 0 heteroatoms. The summed E-state index contributed by atoms with van der Waals surface area (Å²) in [6.45, 7) is 0. The van der Waals surface area contributed by atoms with Crippen LogP contribution in [-0.2, 0) is 0 Å². The molecule has 0 nitrogen and oxygen atoms in total. The van der Waals surface area contributed by atoms with E-state index in [-0.39, 0.29) is 0 Å². The second-order valence-corrected chi connectivity index (χ2v) is 10.0. The Morgan fingerprint density at radius 2 is 0.750 bits per heavy atom. The predicted molar refractivity (Wildman–Crippen MR) is 134 cm³/mol. The fourth-order valence-corrected chi connectivity index (χ4v) is 7.83. The molecule has 6 aromatic rings. The molecule has 0 aromatic heterocycles. The molecule has 1 saturated carbocycles. The number of rotatable bonds is 0. The Morgan fingerprint density at radius 1 is 0.344 bits per heavy atom. The molecule has 32 heavy (non-hydrogen) atoms. The van der Waals surface area contributed by atoms with Gasteiger partial charge in [-0.2, -0.15) is 0 Å². The molecule has 0 unspecified atom stereocenters. The lowest BCUT2D eigenvalue weighted by Gasteiger charge is -2.47. The van der Waals surface area contributed by atoms with Gasteiger partial charge in [0.05, 0.1) is 0 Å². The molecule has 3 aliphatic rings. The molecule has 0 heterocycles. The van der Waals surface area contributed by atoms with Crippen LogP contribution in [0.5, 0.6) is 0 Å². The zero-order chi connectivity index (χ0) is 20.6. The van der Waals surface area contributed by atoms with Crippen LogP contribution >= 0.6 is 0 Å². The van der Waals surface area contributed by atoms with E-state index in [0.717, 1.165) is 0 Å². The van der Waals surface area contributed by atoms with E-state index in [1.54, 1.807) is 33.0 Å². The zero-order valence-corrected chi connectivity index (χ0v) is 17.5. The highest BCUT2D eigenvalue weighted by atomic mass is 14.6. The van der Waals surface area contributed by atoms with Crippen LogP contribution in [0.1, 0.15) is 45.9 Å². The van der Waals surface area contributed by atoms with Crippen molar-refractivity contribution in [3.8, 4) is 0 Å². The molecule has 148 valence electrons. The molecule has 3 aliphatic carbocycles. The third kappa shape index (κ3) is 1.62. The first-order chi connectivity index (χ1) is 15.9. The molecule has 1 fully saturated rings. The fourth-order valence-electron chi connectivity index (χ4n) is 7.83. The molecule has 4 atom stereocenters. The van der Waals surface area contributed by atoms with Crippen molar-refractivity contribution < 1.29 is 0 Å². The van der Waals surface area contributed by atoms with Crippen LogP contribution < -0.4 is 0 Å². The van der Waals surface area contributed by atoms with E-state index in [1.165, 1.54) is 32.3 Å². The monoisotopic (exact) mass is 404 g/mol. The number of hydrogen-bond donors (Lipinski definition) is 0. The maximum Gasteiger partial charge on any atom is -0.000511 e. The summed E-state index contributed by atoms with van der Waals surface area (Å²) in [4.78, 5) is 0. The molecular weight excluding hydrogens is 384 g/mol. The third-order valence-corrected chi connectivity index (χ3v) is 8.88. The topological polar surface area (TPSA) is 0 Å². The lowest BCUT2D eigenvalue weighted by molar-refractivity contribution is 0.253. The second-order valence-electron chi connectivity index (χ2n) is 10.0. The molecule has 0 bridgehead atoms. The Bertz CT molecular complexity index is 1670. The summed E-state index contributed by atoms with van der Waals surface area (Å²) in [5.74, 6) is 2.41. The average Bonchev–Trinajstić information content (AvgIpc) is 3.24. The van der Waals surface area contributed by atoms with Gasteiger partial charge < -0.3 is 0 Å². The van der Waals surface area contributed by atoms with Crippen LogP contribution in [0.2, 0.25) is 0 Å². The highest BCUT2D eigenvalue weighted by Crippen LogP contribution is 2.75. The minimum atomic E-state index is 0.598. The second kappa shape index (κ2) is 5.22. The summed E-state index contributed by atoms with van der Waals surface area (Å²) < 4.78 is 0. The average molecular weight is 405 g/mol. The molecular formula is C32H20. The van der Waals surface area contributed by atoms with Crippen molar-refractivity contribution in [2.75, 3.05) is 0 Å². The summed E-state index contributed by atoms with van der Waals surface area (Å²) in [6, 6.07) is 37.0. The van der Waals surface area contributed by atoms with E-state index < -0.39 is 0 Å². The largest absolute Gasteiger partial charge is 0.0616 e. The van der Waals surface area contributed by atoms with Gasteiger partial charge in [0.15, 0.2) is 0 Å². The predicted octanol–water partition coefficient (Wildman–Crippen LogP) is 8.37. The Labute approximate surface area is 186 Å². The van der Waals surface area contributed by atoms with Gasteiger partial charge in [0, 0.05) is 0 Å². The van der Waals surface area contributed by atoms with Gasteiger partial charge in [-0.05, 0) is 89.0 Å². The molecule has 6 aromatic carbocycles. The van der Waals surface area contributed by atoms with Crippen LogP contribution in [-0.4, -0.2) is 0 Å². The van der Waals surface area contributed by atoms with Gasteiger partial charge >= 0.3 is 0 Å². The first kappa shape index (κ1) is 16.1. The minimum Gasteiger partial charge on any atom is -0.0616 e. The van der Waals surface area contributed by atoms with Crippen molar-refractivity contribution in [1.82, 2.24) is 0 Å². The van der Waals surface area contributed by atoms with E-state index in [9.17, 15) is 0 Å². The van der Waals surface area contributed by atoms with Gasteiger partial charge in [0.2, 0.25) is 0 Å². The highest BCUT2D eigenvalue weighted by Gasteiger charge is 2.59. The maximum atomic E-state index is 2.52. The van der Waals surface area contributed by atoms with Crippen molar-refractivity contribution in [1.29, 1.82) is 0 Å². The highest BCUT2D eigenvalue weighted by molar-refractivity contribution is 6.14. The summed E-state index contributed by atoms with van der Waals surface area (Å²) in [5, 5.41) is 11.5. The number of benzene rings is 6. The van der Waals surface area contributed by atoms with E-state index >= 15 is 0 Å². The van der Waals surface area contributed by atoms with Crippen molar-refractivity contribution in [2.45, 2.75) is 23.7 Å². The quantitative estimate of drug-likeness (QED) is 0.223. The van der Waals surface area contributed by atoms with Crippen LogP contribution in [0.4, 0.5) is 0 Å². The van der Waals surface area contributed by atoms with Gasteiger partial charge in [-0.25, -0.2) is 0 Å². The molecule has 9 rings (SSSR count). The Morgan fingerprint density at radius 3 is 1.25 bits per heavy atom. The summed E-state index contributed by atoms with van der Waals surface area (Å²) in [7, 11) is 0. The molecule has 0 N–H and O–H groups in total. The molecule has 0 saturated heterocycles. The molecule has 0 spiro atoms. The van der Waals surface area contributed by atoms with Crippen LogP contribution in [0.3, 0.4) is 0 Å². The lowest BCUT2D eigenvalue weighted by Crippen LogP contribution is -2.34. The van der Waals surface area contributed by atoms with Crippen molar-refractivity contribution in [3.63, 3.8) is 0 Å². The maximum absolute atomic E-state index is 2.52. The van der Waals surface area contributed by atoms with Gasteiger partial charge in [-0.15, -0.1) is 0 Å². The van der Waals surface area contributed by atoms with Gasteiger partial charge in [-0.3, -0.25) is 0 Å². The van der Waals surface area contributed by atoms with Crippen LogP contribution in [0, 0.1) is 0 Å². The van der Waals surface area contributed by atoms with Crippen LogP contribution in [0.15, 0.2) is 97.1 Å². The van der Waals surface area contributed by atoms with Gasteiger partial charge in [0.25, 0.3) is 0 Å². The Balaban J connectivity index is 1.39. The van der Waals surface area contributed by atoms with Crippen molar-refractivity contribution >= 4 is 43.1 Å². The first-order valence-corrected chi connectivity index (χ1v) is 11.8. The molecule has 0 aliphatic heterocycles. The minimum absolute atomic E-state index is 0.598. The van der Waals surface area contributed by atoms with Gasteiger partial charge in [-0.1, -0.05) is 97.1 Å². The standard InChI is InChI=1S/C32H20/c1-3-9-19-17(7-1)15-25-27-21(19)11-5-13-23(27)29-30-24-14-6-12-22-20-10-4-2-8-18(20)16-26(28(22)24)32(30)31(25)29/h1-16,29-32H/t29-,30+,31-,32+. The van der Waals surface area contributed by atoms with Crippen LogP contribution in [0.25, 0.3) is 43.1 Å². The zero-order valence-electron chi connectivity index (χ0n) is 17.5. The van der Waals surface area contributed by atoms with Crippen molar-refractivity contribution in [2.24, 2.45) is 0 Å². The first-order valence-electron chi connectivity index (χ1n) is 11.8. The normalized spacial score (nSPS) is 24.2. The lowest BCUT2D eigenvalue weighted by atomic mass is 9.55. The van der Waals surface area contributed by atoms with E-state index in [4.69, 9.17) is 0 Å². The molecule has 0 amide bonds. The number of fused-ring (bicyclic) bond motifs is 12. The summed E-state index contributed by atoms with van der Waals surface area (Å²) in [5.41, 5.74) is 6.36. The fraction of sp³-hybridized carbons (Fsp3) is 0.125.